The number of hydrogen-bond acceptors (Lipinski definition) is 16. The summed E-state index contributed by atoms with van der Waals surface area (Å²) in [7, 11) is -13.0. The molecule has 0 aliphatic heterocycles. The molecule has 53 heavy (non-hydrogen) atoms. The number of fused-ring (bicyclic) bond motifs is 1. The molecule has 0 aliphatic carbocycles. The van der Waals surface area contributed by atoms with E-state index in [2.05, 4.69) is 80.6 Å². The van der Waals surface area contributed by atoms with Crippen molar-refractivity contribution >= 4 is 121 Å². The van der Waals surface area contributed by atoms with Crippen molar-refractivity contribution < 1.29 is 49.1 Å². The van der Waals surface area contributed by atoms with E-state index in [-0.39, 0.29) is 27.7 Å². The molecule has 0 aliphatic rings. The number of benzene rings is 4. The van der Waals surface area contributed by atoms with Gasteiger partial charge in [0.05, 0.1) is 19.4 Å². The van der Waals surface area contributed by atoms with E-state index < -0.39 is 67.9 Å². The summed E-state index contributed by atoms with van der Waals surface area (Å²) in [6, 6.07) is 10.0. The molecule has 0 atom stereocenters. The summed E-state index contributed by atoms with van der Waals surface area (Å²) in [5, 5.41) is 37.4. The average Bonchev–Trinajstić information content (AvgIpc) is 3.09. The fourth-order valence-corrected chi connectivity index (χ4v) is 7.15. The largest absolute Gasteiger partial charge is 0.506 e. The molecule has 1 aromatic heterocycles. The van der Waals surface area contributed by atoms with Crippen molar-refractivity contribution in [3.05, 3.63) is 71.8 Å². The lowest BCUT2D eigenvalue weighted by Crippen LogP contribution is -2.16. The second kappa shape index (κ2) is 15.4. The maximum absolute atomic E-state index is 12.5. The van der Waals surface area contributed by atoms with Crippen LogP contribution in [-0.2, 0) is 39.2 Å². The van der Waals surface area contributed by atoms with Gasteiger partial charge in [-0.2, -0.15) is 40.3 Å². The summed E-state index contributed by atoms with van der Waals surface area (Å²) >= 11 is 4.26. The Morgan fingerprint density at radius 2 is 1.28 bits per heavy atom. The number of anilines is 2. The molecular formula is C29H24I2N8O11S3. The fourth-order valence-electron chi connectivity index (χ4n) is 4.70. The highest BCUT2D eigenvalue weighted by Crippen LogP contribution is 2.44. The van der Waals surface area contributed by atoms with Gasteiger partial charge in [-0.15, -0.1) is 15.3 Å². The van der Waals surface area contributed by atoms with E-state index >= 15 is 0 Å². The van der Waals surface area contributed by atoms with Gasteiger partial charge in [-0.1, -0.05) is 45.2 Å². The van der Waals surface area contributed by atoms with Crippen molar-refractivity contribution in [2.75, 3.05) is 11.9 Å². The molecule has 0 bridgehead atoms. The standard InChI is InChI=1S/C29H24I2N8O11S3/c1-14-7-20(22(40)11-19(14)35-37-21-10-17(51(42,43)44)4-6-23(21)52(45,46)47)36-38-27-24(53(48,49)50)9-15-8-16(3-5-18(15)28(27)41)39(2)29-33-25(12-30)32-26(13-31)34-29/h3-11,40-41H,12-13H2,1-2H3,(H,42,43,44)(H,45,46,47)(H,48,49,50). The SMILES string of the molecule is Cc1cc(N=Nc2c(S(=O)(=O)O)cc3cc(N(C)c4nc(CI)nc(CI)n4)ccc3c2O)c(O)cc1N=Nc1cc(S(=O)(=O)O)ccc1S(=O)(=O)O. The van der Waals surface area contributed by atoms with Crippen LogP contribution in [0.2, 0.25) is 0 Å². The Hall–Kier alpha value is -4.06. The number of aromatic nitrogens is 3. The summed E-state index contributed by atoms with van der Waals surface area (Å²) in [6.45, 7) is 1.46. The molecule has 0 saturated carbocycles. The van der Waals surface area contributed by atoms with Gasteiger partial charge in [0.1, 0.15) is 44.3 Å². The summed E-state index contributed by atoms with van der Waals surface area (Å²) < 4.78 is 102. The Kier molecular flexibility index (Phi) is 11.6. The Balaban J connectivity index is 1.53. The molecule has 278 valence electrons. The Morgan fingerprint density at radius 3 is 1.87 bits per heavy atom. The number of phenolic OH excluding ortho intramolecular Hbond substituents is 2. The van der Waals surface area contributed by atoms with E-state index in [1.54, 1.807) is 24.1 Å². The zero-order chi connectivity index (χ0) is 39.0. The van der Waals surface area contributed by atoms with Gasteiger partial charge in [0.15, 0.2) is 5.75 Å². The third-order valence-electron chi connectivity index (χ3n) is 7.28. The van der Waals surface area contributed by atoms with E-state index in [9.17, 15) is 49.1 Å². The van der Waals surface area contributed by atoms with Gasteiger partial charge in [0.25, 0.3) is 30.4 Å². The van der Waals surface area contributed by atoms with Crippen molar-refractivity contribution in [2.24, 2.45) is 20.5 Å². The lowest BCUT2D eigenvalue weighted by Gasteiger charge is -2.19. The van der Waals surface area contributed by atoms with E-state index in [1.807, 2.05) is 0 Å². The number of aromatic hydroxyl groups is 2. The first kappa shape index (κ1) is 40.1. The molecule has 0 unspecified atom stereocenters. The van der Waals surface area contributed by atoms with Gasteiger partial charge in [-0.3, -0.25) is 13.7 Å². The van der Waals surface area contributed by atoms with Crippen LogP contribution in [0.4, 0.5) is 34.4 Å². The van der Waals surface area contributed by atoms with E-state index in [0.29, 0.717) is 44.3 Å². The molecule has 0 amide bonds. The molecule has 0 spiro atoms. The highest BCUT2D eigenvalue weighted by atomic mass is 127. The number of azo groups is 2. The van der Waals surface area contributed by atoms with Gasteiger partial charge < -0.3 is 15.1 Å². The molecule has 5 rings (SSSR count). The first-order chi connectivity index (χ1) is 24.7. The van der Waals surface area contributed by atoms with Crippen LogP contribution in [-0.4, -0.2) is 71.1 Å². The number of halogens is 2. The van der Waals surface area contributed by atoms with Crippen LogP contribution in [0.25, 0.3) is 10.8 Å². The Morgan fingerprint density at radius 1 is 0.679 bits per heavy atom. The molecule has 4 aromatic carbocycles. The maximum atomic E-state index is 12.5. The van der Waals surface area contributed by atoms with Crippen LogP contribution in [0.5, 0.6) is 11.5 Å². The molecule has 5 N–H and O–H groups in total. The number of hydrogen-bond donors (Lipinski definition) is 5. The molecular weight excluding hydrogens is 986 g/mol. The van der Waals surface area contributed by atoms with E-state index in [0.717, 1.165) is 18.2 Å². The lowest BCUT2D eigenvalue weighted by atomic mass is 10.1. The number of alkyl halides is 2. The van der Waals surface area contributed by atoms with Crippen LogP contribution in [0.1, 0.15) is 17.2 Å². The predicted molar refractivity (Wildman–Crippen MR) is 206 cm³/mol. The van der Waals surface area contributed by atoms with Crippen LogP contribution in [0, 0.1) is 6.92 Å². The smallest absolute Gasteiger partial charge is 0.296 e. The van der Waals surface area contributed by atoms with Crippen LogP contribution in [0.3, 0.4) is 0 Å². The first-order valence-corrected chi connectivity index (χ1v) is 21.7. The normalized spacial score (nSPS) is 12.7. The third kappa shape index (κ3) is 9.01. The van der Waals surface area contributed by atoms with Crippen LogP contribution in [0.15, 0.2) is 89.7 Å². The zero-order valence-corrected chi connectivity index (χ0v) is 33.6. The second-order valence-electron chi connectivity index (χ2n) is 10.9. The van der Waals surface area contributed by atoms with Crippen molar-refractivity contribution in [1.82, 2.24) is 15.0 Å². The summed E-state index contributed by atoms with van der Waals surface area (Å²) in [4.78, 5) is 12.6. The Labute approximate surface area is 328 Å². The van der Waals surface area contributed by atoms with Crippen molar-refractivity contribution in [3.63, 3.8) is 0 Å². The minimum Gasteiger partial charge on any atom is -0.506 e. The minimum absolute atomic E-state index is 0.0962. The highest BCUT2D eigenvalue weighted by molar-refractivity contribution is 14.1. The minimum atomic E-state index is -5.01. The molecule has 1 heterocycles. The molecule has 0 radical (unpaired) electrons. The van der Waals surface area contributed by atoms with Gasteiger partial charge in [-0.25, -0.2) is 4.98 Å². The van der Waals surface area contributed by atoms with Crippen LogP contribution >= 0.6 is 45.2 Å². The molecule has 19 nitrogen and oxygen atoms in total. The summed E-state index contributed by atoms with van der Waals surface area (Å²) in [5.74, 6) is 0.200. The van der Waals surface area contributed by atoms with Crippen molar-refractivity contribution in [2.45, 2.75) is 30.5 Å². The van der Waals surface area contributed by atoms with Crippen molar-refractivity contribution in [3.8, 4) is 11.5 Å². The number of nitrogens with zero attached hydrogens (tertiary/aromatic N) is 8. The monoisotopic (exact) mass is 1010 g/mol. The molecule has 0 saturated heterocycles. The summed E-state index contributed by atoms with van der Waals surface area (Å²) in [5.41, 5.74) is -0.926. The third-order valence-corrected chi connectivity index (χ3v) is 11.3. The predicted octanol–water partition coefficient (Wildman–Crippen LogP) is 6.95. The lowest BCUT2D eigenvalue weighted by molar-refractivity contribution is 0.471. The second-order valence-corrected chi connectivity index (χ2v) is 16.6. The molecule has 5 aromatic rings. The molecule has 24 heteroatoms. The quantitative estimate of drug-likeness (QED) is 0.0387. The zero-order valence-electron chi connectivity index (χ0n) is 26.9. The van der Waals surface area contributed by atoms with Gasteiger partial charge >= 0.3 is 0 Å². The number of rotatable bonds is 11. The topological polar surface area (TPSA) is 295 Å². The van der Waals surface area contributed by atoms with Crippen molar-refractivity contribution in [1.29, 1.82) is 0 Å². The van der Waals surface area contributed by atoms with E-state index in [1.165, 1.54) is 19.1 Å². The fraction of sp³-hybridized carbons (Fsp3) is 0.138. The first-order valence-electron chi connectivity index (χ1n) is 14.3. The van der Waals surface area contributed by atoms with Gasteiger partial charge in [0.2, 0.25) is 5.95 Å². The molecule has 0 fully saturated rings. The maximum Gasteiger partial charge on any atom is 0.296 e. The Bertz CT molecular complexity index is 2680. The van der Waals surface area contributed by atoms with Crippen LogP contribution < -0.4 is 4.90 Å². The highest BCUT2D eigenvalue weighted by Gasteiger charge is 2.24. The number of phenols is 2. The van der Waals surface area contributed by atoms with Gasteiger partial charge in [0, 0.05) is 24.2 Å². The van der Waals surface area contributed by atoms with E-state index in [4.69, 9.17) is 0 Å². The average molecular weight is 1010 g/mol. The number of aryl methyl sites for hydroxylation is 1. The van der Waals surface area contributed by atoms with Gasteiger partial charge in [-0.05, 0) is 66.4 Å². The summed E-state index contributed by atoms with van der Waals surface area (Å²) in [6.07, 6.45) is 0.